The van der Waals surface area contributed by atoms with Gasteiger partial charge in [-0.25, -0.2) is 0 Å². The molecule has 160 valence electrons. The minimum Gasteiger partial charge on any atom is -0.406 e. The van der Waals surface area contributed by atoms with Crippen LogP contribution in [0, 0.1) is 6.92 Å². The van der Waals surface area contributed by atoms with E-state index in [1.54, 1.807) is 11.0 Å². The molecule has 0 saturated heterocycles. The van der Waals surface area contributed by atoms with Gasteiger partial charge in [-0.2, -0.15) is 13.2 Å². The average molecular weight is 421 g/mol. The van der Waals surface area contributed by atoms with Crippen molar-refractivity contribution < 1.29 is 36.2 Å². The highest BCUT2D eigenvalue weighted by Crippen LogP contribution is 2.25. The van der Waals surface area contributed by atoms with E-state index in [9.17, 15) is 31.4 Å². The van der Waals surface area contributed by atoms with Gasteiger partial charge in [0.15, 0.2) is 6.10 Å². The van der Waals surface area contributed by atoms with Crippen LogP contribution in [0.2, 0.25) is 0 Å². The Kier molecular flexibility index (Phi) is 7.54. The summed E-state index contributed by atoms with van der Waals surface area (Å²) in [4.78, 5) is 1.64. The van der Waals surface area contributed by atoms with Crippen LogP contribution < -0.4 is 4.74 Å². The van der Waals surface area contributed by atoms with Crippen LogP contribution in [0.4, 0.5) is 26.3 Å². The first-order valence-electron chi connectivity index (χ1n) is 8.80. The first kappa shape index (κ1) is 23.0. The number of rotatable bonds is 8. The summed E-state index contributed by atoms with van der Waals surface area (Å²) < 4.78 is 79.0. The van der Waals surface area contributed by atoms with E-state index in [0.717, 1.165) is 17.2 Å². The Morgan fingerprint density at radius 2 is 1.52 bits per heavy atom. The molecule has 3 nitrogen and oxygen atoms in total. The maximum Gasteiger partial charge on any atom is 0.573 e. The predicted molar refractivity (Wildman–Crippen MR) is 95.1 cm³/mol. The van der Waals surface area contributed by atoms with Crippen LogP contribution in [-0.4, -0.2) is 35.2 Å². The summed E-state index contributed by atoms with van der Waals surface area (Å²) in [5.74, 6) is -0.402. The molecule has 0 heterocycles. The van der Waals surface area contributed by atoms with Gasteiger partial charge in [0.2, 0.25) is 0 Å². The Morgan fingerprint density at radius 3 is 2.07 bits per heavy atom. The molecule has 2 aromatic rings. The van der Waals surface area contributed by atoms with E-state index in [2.05, 4.69) is 4.74 Å². The molecule has 0 aliphatic heterocycles. The van der Waals surface area contributed by atoms with Crippen LogP contribution in [0.15, 0.2) is 48.5 Å². The van der Waals surface area contributed by atoms with Crippen molar-refractivity contribution in [3.8, 4) is 5.75 Å². The van der Waals surface area contributed by atoms with Crippen LogP contribution in [-0.2, 0) is 13.1 Å². The quantitative estimate of drug-likeness (QED) is 0.594. The van der Waals surface area contributed by atoms with Crippen molar-refractivity contribution in [2.45, 2.75) is 45.1 Å². The maximum atomic E-state index is 12.6. The highest BCUT2D eigenvalue weighted by molar-refractivity contribution is 5.29. The number of benzene rings is 2. The van der Waals surface area contributed by atoms with E-state index in [0.29, 0.717) is 5.56 Å². The lowest BCUT2D eigenvalue weighted by atomic mass is 10.1. The van der Waals surface area contributed by atoms with Gasteiger partial charge in [0.25, 0.3) is 0 Å². The molecule has 29 heavy (non-hydrogen) atoms. The molecule has 0 fully saturated rings. The molecule has 1 atom stereocenters. The highest BCUT2D eigenvalue weighted by atomic mass is 19.4. The summed E-state index contributed by atoms with van der Waals surface area (Å²) in [6, 6.07) is 12.6. The van der Waals surface area contributed by atoms with Gasteiger partial charge in [-0.3, -0.25) is 4.90 Å². The summed E-state index contributed by atoms with van der Waals surface area (Å²) in [6.45, 7) is 2.14. The van der Waals surface area contributed by atoms with Crippen molar-refractivity contribution in [3.63, 3.8) is 0 Å². The number of aliphatic hydroxyl groups is 1. The minimum absolute atomic E-state index is 0.0908. The normalized spacial score (nSPS) is 13.6. The van der Waals surface area contributed by atoms with Crippen molar-refractivity contribution in [2.24, 2.45) is 0 Å². The fourth-order valence-electron chi connectivity index (χ4n) is 2.85. The third kappa shape index (κ3) is 8.33. The number of aliphatic hydroxyl groups excluding tert-OH is 1. The fourth-order valence-corrected chi connectivity index (χ4v) is 2.85. The monoisotopic (exact) mass is 421 g/mol. The molecule has 0 bridgehead atoms. The number of aryl methyl sites for hydroxylation is 1. The van der Waals surface area contributed by atoms with E-state index < -0.39 is 30.8 Å². The van der Waals surface area contributed by atoms with Crippen molar-refractivity contribution in [1.29, 1.82) is 0 Å². The van der Waals surface area contributed by atoms with Crippen LogP contribution in [0.25, 0.3) is 0 Å². The second kappa shape index (κ2) is 9.49. The van der Waals surface area contributed by atoms with E-state index in [-0.39, 0.29) is 19.6 Å². The molecule has 2 rings (SSSR count). The third-order valence-corrected chi connectivity index (χ3v) is 4.12. The first-order valence-corrected chi connectivity index (χ1v) is 8.80. The minimum atomic E-state index is -4.84. The highest BCUT2D eigenvalue weighted by Gasteiger charge is 2.38. The lowest BCUT2D eigenvalue weighted by molar-refractivity contribution is -0.274. The van der Waals surface area contributed by atoms with E-state index >= 15 is 0 Å². The number of nitrogens with zero attached hydrogens (tertiary/aromatic N) is 1. The molecule has 0 spiro atoms. The van der Waals surface area contributed by atoms with Gasteiger partial charge < -0.3 is 9.84 Å². The van der Waals surface area contributed by atoms with Gasteiger partial charge in [-0.15, -0.1) is 13.2 Å². The van der Waals surface area contributed by atoms with Crippen LogP contribution >= 0.6 is 0 Å². The second-order valence-electron chi connectivity index (χ2n) is 6.74. The molecule has 2 aromatic carbocycles. The van der Waals surface area contributed by atoms with Gasteiger partial charge in [0, 0.05) is 19.6 Å². The molecule has 0 aliphatic rings. The second-order valence-corrected chi connectivity index (χ2v) is 6.74. The molecule has 9 heteroatoms. The van der Waals surface area contributed by atoms with Crippen molar-refractivity contribution >= 4 is 0 Å². The Bertz CT molecular complexity index is 791. The van der Waals surface area contributed by atoms with Crippen LogP contribution in [0.5, 0.6) is 5.75 Å². The average Bonchev–Trinajstić information content (AvgIpc) is 2.57. The molecular formula is C20H21F6NO2. The molecule has 0 aliphatic carbocycles. The van der Waals surface area contributed by atoms with Gasteiger partial charge in [0.05, 0.1) is 0 Å². The summed E-state index contributed by atoms with van der Waals surface area (Å²) in [5.41, 5.74) is 2.26. The van der Waals surface area contributed by atoms with E-state index in [1.807, 2.05) is 31.2 Å². The lowest BCUT2D eigenvalue weighted by Gasteiger charge is -2.25. The summed E-state index contributed by atoms with van der Waals surface area (Å²) in [5, 5.41) is 9.29. The predicted octanol–water partition coefficient (Wildman–Crippen LogP) is 5.21. The Labute approximate surface area is 164 Å². The fraction of sp³-hybridized carbons (Fsp3) is 0.400. The molecule has 0 saturated carbocycles. The number of ether oxygens (including phenoxy) is 1. The van der Waals surface area contributed by atoms with Crippen LogP contribution in [0.3, 0.4) is 0 Å². The number of alkyl halides is 6. The molecular weight excluding hydrogens is 400 g/mol. The lowest BCUT2D eigenvalue weighted by Crippen LogP contribution is -2.34. The zero-order valence-corrected chi connectivity index (χ0v) is 15.6. The molecule has 0 amide bonds. The maximum absolute atomic E-state index is 12.6. The smallest absolute Gasteiger partial charge is 0.406 e. The summed E-state index contributed by atoms with van der Waals surface area (Å²) in [7, 11) is 0. The SMILES string of the molecule is Cc1cccc(CN(CCC(O)C(F)(F)F)Cc2cccc(OC(F)(F)F)c2)c1. The number of hydrogen-bond acceptors (Lipinski definition) is 3. The Morgan fingerprint density at radius 1 is 0.931 bits per heavy atom. The van der Waals surface area contributed by atoms with Crippen molar-refractivity contribution in [3.05, 3.63) is 65.2 Å². The van der Waals surface area contributed by atoms with Gasteiger partial charge in [-0.1, -0.05) is 42.0 Å². The third-order valence-electron chi connectivity index (χ3n) is 4.12. The Hall–Kier alpha value is -2.26. The van der Waals surface area contributed by atoms with Gasteiger partial charge in [0.1, 0.15) is 5.75 Å². The van der Waals surface area contributed by atoms with Crippen molar-refractivity contribution in [2.75, 3.05) is 6.54 Å². The molecule has 0 aromatic heterocycles. The first-order chi connectivity index (χ1) is 13.4. The van der Waals surface area contributed by atoms with E-state index in [1.165, 1.54) is 12.1 Å². The topological polar surface area (TPSA) is 32.7 Å². The zero-order chi connectivity index (χ0) is 21.7. The largest absolute Gasteiger partial charge is 0.573 e. The number of hydrogen-bond donors (Lipinski definition) is 1. The Balaban J connectivity index is 2.15. The standard InChI is InChI=1S/C20H21F6NO2/c1-14-4-2-5-15(10-14)12-27(9-8-18(28)19(21,22)23)13-16-6-3-7-17(11-16)29-20(24,25)26/h2-7,10-11,18,28H,8-9,12-13H2,1H3. The molecule has 0 radical (unpaired) electrons. The van der Waals surface area contributed by atoms with Crippen molar-refractivity contribution in [1.82, 2.24) is 4.90 Å². The number of halogens is 6. The summed E-state index contributed by atoms with van der Waals surface area (Å²) in [6.07, 6.45) is -12.6. The van der Waals surface area contributed by atoms with Crippen LogP contribution in [0.1, 0.15) is 23.1 Å². The molecule has 1 unspecified atom stereocenters. The van der Waals surface area contributed by atoms with E-state index in [4.69, 9.17) is 0 Å². The van der Waals surface area contributed by atoms with Gasteiger partial charge >= 0.3 is 12.5 Å². The zero-order valence-electron chi connectivity index (χ0n) is 15.6. The van der Waals surface area contributed by atoms with Gasteiger partial charge in [-0.05, 0) is 36.6 Å². The molecule has 1 N–H and O–H groups in total. The summed E-state index contributed by atoms with van der Waals surface area (Å²) >= 11 is 0.